The molecule has 0 heterocycles. The third-order valence-electron chi connectivity index (χ3n) is 8.93. The van der Waals surface area contributed by atoms with Crippen LogP contribution in [-0.4, -0.2) is 4.21 Å². The van der Waals surface area contributed by atoms with Gasteiger partial charge < -0.3 is 0 Å². The van der Waals surface area contributed by atoms with Gasteiger partial charge in [-0.3, -0.25) is 6.08 Å². The van der Waals surface area contributed by atoms with Crippen LogP contribution < -0.4 is 0 Å². The molecule has 0 unspecified atom stereocenters. The van der Waals surface area contributed by atoms with Crippen molar-refractivity contribution >= 4 is 15.8 Å². The minimum atomic E-state index is 0.0380. The molecule has 0 nitrogen and oxygen atoms in total. The van der Waals surface area contributed by atoms with Crippen molar-refractivity contribution in [2.45, 2.75) is 65.2 Å². The van der Waals surface area contributed by atoms with Gasteiger partial charge in [0.05, 0.1) is 0 Å². The van der Waals surface area contributed by atoms with Gasteiger partial charge in [-0.05, 0) is 39.5 Å². The maximum absolute atomic E-state index is 5.52. The summed E-state index contributed by atoms with van der Waals surface area (Å²) in [5.41, 5.74) is 14.6. The first-order valence-electron chi connectivity index (χ1n) is 18.4. The van der Waals surface area contributed by atoms with Crippen molar-refractivity contribution in [3.05, 3.63) is 210 Å². The van der Waals surface area contributed by atoms with Gasteiger partial charge in [-0.2, -0.15) is 61.0 Å². The topological polar surface area (TPSA) is 0 Å². The quantitative estimate of drug-likeness (QED) is 0.153. The van der Waals surface area contributed by atoms with Crippen LogP contribution in [0.25, 0.3) is 33.4 Å². The van der Waals surface area contributed by atoms with E-state index in [0.717, 1.165) is 23.4 Å². The summed E-state index contributed by atoms with van der Waals surface area (Å²) in [6, 6.07) is 52.7. The number of fused-ring (bicyclic) bond motifs is 3. The van der Waals surface area contributed by atoms with Crippen molar-refractivity contribution in [2.75, 3.05) is 0 Å². The summed E-state index contributed by atoms with van der Waals surface area (Å²) >= 11 is 6.82. The molecule has 0 saturated heterocycles. The normalized spacial score (nSPS) is 11.9. The van der Waals surface area contributed by atoms with E-state index in [2.05, 4.69) is 156 Å². The Kier molecular flexibility index (Phi) is 16.0. The first-order chi connectivity index (χ1) is 25.9. The van der Waals surface area contributed by atoms with Crippen LogP contribution in [0.1, 0.15) is 75.8 Å². The van der Waals surface area contributed by atoms with E-state index in [1.807, 2.05) is 42.5 Å². The predicted molar refractivity (Wildman–Crippen MR) is 232 cm³/mol. The van der Waals surface area contributed by atoms with Gasteiger partial charge in [-0.1, -0.05) is 142 Å². The van der Waals surface area contributed by atoms with Crippen molar-refractivity contribution in [3.63, 3.8) is 0 Å². The molecule has 2 aliphatic carbocycles. The zero-order valence-corrected chi connectivity index (χ0v) is 35.9. The Hall–Kier alpha value is -4.29. The van der Waals surface area contributed by atoms with Gasteiger partial charge in [0.15, 0.2) is 0 Å². The molecule has 6 aromatic rings. The summed E-state index contributed by atoms with van der Waals surface area (Å²) in [6.45, 7) is 17.6. The molecule has 0 atom stereocenters. The van der Waals surface area contributed by atoms with E-state index in [9.17, 15) is 0 Å². The van der Waals surface area contributed by atoms with E-state index in [1.54, 1.807) is 24.3 Å². The average molecular weight is 803 g/mol. The van der Waals surface area contributed by atoms with E-state index in [-0.39, 0.29) is 10.8 Å². The number of hydrogen-bond donors (Lipinski definition) is 0. The molecule has 0 saturated carbocycles. The molecule has 0 radical (unpaired) electrons. The molecule has 274 valence electrons. The Morgan fingerprint density at radius 1 is 0.648 bits per heavy atom. The molecular weight excluding hydrogens is 751 g/mol. The third-order valence-corrected chi connectivity index (χ3v) is 9.18. The standard InChI is InChI=1S/C33H33.C7H7.C6H4Cl.C5H5.CH2.Zr/c1-32(2,3)30-20-26-24(18-28(30)22-13-9-7-10-14-22)17-25-19-29(23-15-11-8-12-16-23)31(21-27(25)26)33(4,5)6;1-7-5-3-2-4-6-7;7-6-4-2-1-3-5-6;1-2-4-5-3-1;;/h7-16,18,20-21H,17H2,1-6H3;2-6H,1H2;2-5H;1-3H,4H2;1H2;/q4*-1;;. The average Bonchev–Trinajstić information content (AvgIpc) is 3.88. The summed E-state index contributed by atoms with van der Waals surface area (Å²) < 4.78 is 3.34. The van der Waals surface area contributed by atoms with Crippen LogP contribution in [0.4, 0.5) is 0 Å². The first kappa shape index (κ1) is 42.5. The van der Waals surface area contributed by atoms with E-state index in [4.69, 9.17) is 11.6 Å². The van der Waals surface area contributed by atoms with Crippen LogP contribution in [0, 0.1) is 25.1 Å². The Labute approximate surface area is 346 Å². The molecule has 0 bridgehead atoms. The fourth-order valence-corrected chi connectivity index (χ4v) is 6.41. The van der Waals surface area contributed by atoms with Crippen LogP contribution in [0.3, 0.4) is 0 Å². The van der Waals surface area contributed by atoms with E-state index >= 15 is 0 Å². The molecule has 0 aromatic heterocycles. The molecular formula is C52H51ClZr-4. The number of rotatable bonds is 2. The van der Waals surface area contributed by atoms with Crippen LogP contribution >= 0.6 is 11.6 Å². The molecule has 6 aromatic carbocycles. The van der Waals surface area contributed by atoms with Crippen LogP contribution in [0.2, 0.25) is 5.02 Å². The Bertz CT molecular complexity index is 1950. The summed E-state index contributed by atoms with van der Waals surface area (Å²) in [5, 5.41) is 0.763. The second kappa shape index (κ2) is 20.4. The van der Waals surface area contributed by atoms with Gasteiger partial charge in [0.25, 0.3) is 0 Å². The van der Waals surface area contributed by atoms with Crippen molar-refractivity contribution in [2.24, 2.45) is 0 Å². The Morgan fingerprint density at radius 3 is 1.61 bits per heavy atom. The summed E-state index contributed by atoms with van der Waals surface area (Å²) in [4.78, 5) is 0. The van der Waals surface area contributed by atoms with Gasteiger partial charge in [0.2, 0.25) is 0 Å². The number of allylic oxidation sites excluding steroid dienone is 4. The second-order valence-corrected chi connectivity index (χ2v) is 15.6. The SMILES string of the molecule is CC(C)(C)c1cc2c([c-]c1-c1ccccc1)Cc1cc(-c3ccccc3)c(C(C)(C)C)cc1-2.Clc1cc[c-]cc1.[C-]1=CC=CC1.[CH2-]c1ccccc1.[CH2]=[Zr]. The summed E-state index contributed by atoms with van der Waals surface area (Å²) in [7, 11) is 0. The Balaban J connectivity index is 0.000000249. The molecule has 0 aliphatic heterocycles. The van der Waals surface area contributed by atoms with Gasteiger partial charge in [0.1, 0.15) is 0 Å². The fourth-order valence-electron chi connectivity index (χ4n) is 6.29. The Morgan fingerprint density at radius 2 is 1.19 bits per heavy atom. The van der Waals surface area contributed by atoms with Crippen molar-refractivity contribution in [1.29, 1.82) is 0 Å². The third kappa shape index (κ3) is 12.1. The van der Waals surface area contributed by atoms with Crippen LogP contribution in [0.5, 0.6) is 0 Å². The monoisotopic (exact) mass is 800 g/mol. The zero-order chi connectivity index (χ0) is 39.1. The molecule has 0 spiro atoms. The van der Waals surface area contributed by atoms with Gasteiger partial charge in [-0.25, -0.2) is 12.2 Å². The van der Waals surface area contributed by atoms with Crippen LogP contribution in [-0.2, 0) is 41.5 Å². The number of halogens is 1. The molecule has 0 amide bonds. The van der Waals surface area contributed by atoms with Gasteiger partial charge in [-0.15, -0.1) is 59.0 Å². The van der Waals surface area contributed by atoms with Gasteiger partial charge in [0, 0.05) is 0 Å². The molecule has 0 N–H and O–H groups in total. The molecule has 8 rings (SSSR count). The van der Waals surface area contributed by atoms with Gasteiger partial charge >= 0.3 is 28.4 Å². The van der Waals surface area contributed by atoms with E-state index in [0.29, 0.717) is 0 Å². The summed E-state index contributed by atoms with van der Waals surface area (Å²) in [5.74, 6) is 0. The molecule has 54 heavy (non-hydrogen) atoms. The first-order valence-corrected chi connectivity index (χ1v) is 20.5. The van der Waals surface area contributed by atoms with Crippen molar-refractivity contribution in [1.82, 2.24) is 0 Å². The van der Waals surface area contributed by atoms with E-state index < -0.39 is 0 Å². The predicted octanol–water partition coefficient (Wildman–Crippen LogP) is 14.3. The molecule has 0 fully saturated rings. The number of benzene rings is 6. The zero-order valence-electron chi connectivity index (χ0n) is 32.6. The van der Waals surface area contributed by atoms with Crippen LogP contribution in [0.15, 0.2) is 152 Å². The molecule has 2 aliphatic rings. The number of hydrogen-bond acceptors (Lipinski definition) is 0. The van der Waals surface area contributed by atoms with Crippen molar-refractivity contribution < 1.29 is 24.2 Å². The second-order valence-electron chi connectivity index (χ2n) is 15.1. The maximum atomic E-state index is 5.52. The van der Waals surface area contributed by atoms with Crippen molar-refractivity contribution in [3.8, 4) is 33.4 Å². The minimum absolute atomic E-state index is 0.0380. The van der Waals surface area contributed by atoms with E-state index in [1.165, 1.54) is 79.9 Å². The summed E-state index contributed by atoms with van der Waals surface area (Å²) in [6.07, 6.45) is 10.9. The fraction of sp³-hybridized carbons (Fsp3) is 0.192. The molecule has 2 heteroatoms.